The van der Waals surface area contributed by atoms with Gasteiger partial charge in [0.2, 0.25) is 5.91 Å². The summed E-state index contributed by atoms with van der Waals surface area (Å²) in [6.45, 7) is 5.83. The molecular weight excluding hydrogens is 353 g/mol. The van der Waals surface area contributed by atoms with Crippen molar-refractivity contribution in [2.24, 2.45) is 5.41 Å². The minimum atomic E-state index is -5.08. The lowest BCUT2D eigenvalue weighted by Crippen LogP contribution is -2.43. The minimum absolute atomic E-state index is 0.0613. The summed E-state index contributed by atoms with van der Waals surface area (Å²) in [5.41, 5.74) is -0.0613. The van der Waals surface area contributed by atoms with Crippen molar-refractivity contribution in [3.63, 3.8) is 0 Å². The van der Waals surface area contributed by atoms with E-state index in [0.29, 0.717) is 0 Å². The first-order valence-corrected chi connectivity index (χ1v) is 8.54. The first-order valence-electron chi connectivity index (χ1n) is 8.54. The highest BCUT2D eigenvalue weighted by Gasteiger charge is 2.44. The molecule has 26 heavy (non-hydrogen) atoms. The van der Waals surface area contributed by atoms with E-state index in [4.69, 9.17) is 14.3 Å². The average Bonchev–Trinajstić information content (AvgIpc) is 3.17. The standard InChI is InChI=1S/C15H22N2O2.C2HF3O2/c1-2-12-3-4-13(19-12)11-17-9-6-15(7-10-17)5-8-16-14(15)18;3-2(4,5)1(6)7/h3-4H,2,5-11H2,1H3,(H,16,18);(H,6,7). The molecule has 1 amide bonds. The number of aryl methyl sites for hydroxylation is 1. The number of rotatable bonds is 3. The SMILES string of the molecule is CCc1ccc(CN2CCC3(CCNC3=O)CC2)o1.O=C(O)C(F)(F)F. The molecule has 2 aliphatic rings. The Hall–Kier alpha value is -2.03. The number of hydrogen-bond donors (Lipinski definition) is 2. The number of furan rings is 1. The van der Waals surface area contributed by atoms with E-state index in [-0.39, 0.29) is 11.3 Å². The van der Waals surface area contributed by atoms with Crippen LogP contribution in [0.4, 0.5) is 13.2 Å². The van der Waals surface area contributed by atoms with Crippen LogP contribution in [0, 0.1) is 5.41 Å². The zero-order chi connectivity index (χ0) is 19.4. The van der Waals surface area contributed by atoms with Gasteiger partial charge in [0, 0.05) is 13.0 Å². The van der Waals surface area contributed by atoms with E-state index in [9.17, 15) is 18.0 Å². The molecule has 9 heteroatoms. The molecule has 6 nitrogen and oxygen atoms in total. The van der Waals surface area contributed by atoms with E-state index in [0.717, 1.165) is 63.4 Å². The molecule has 3 rings (SSSR count). The Morgan fingerprint density at radius 1 is 1.27 bits per heavy atom. The van der Waals surface area contributed by atoms with E-state index in [1.54, 1.807) is 0 Å². The van der Waals surface area contributed by atoms with Crippen LogP contribution >= 0.6 is 0 Å². The van der Waals surface area contributed by atoms with Crippen LogP contribution in [-0.2, 0) is 22.6 Å². The summed E-state index contributed by atoms with van der Waals surface area (Å²) in [7, 11) is 0. The predicted molar refractivity (Wildman–Crippen MR) is 86.3 cm³/mol. The number of piperidine rings is 1. The third-order valence-electron chi connectivity index (χ3n) is 4.87. The summed E-state index contributed by atoms with van der Waals surface area (Å²) in [5.74, 6) is -0.381. The number of likely N-dealkylation sites (tertiary alicyclic amines) is 1. The van der Waals surface area contributed by atoms with Crippen LogP contribution < -0.4 is 5.32 Å². The Labute approximate surface area is 149 Å². The molecule has 2 aliphatic heterocycles. The van der Waals surface area contributed by atoms with Gasteiger partial charge in [-0.25, -0.2) is 4.79 Å². The zero-order valence-corrected chi connectivity index (χ0v) is 14.6. The minimum Gasteiger partial charge on any atom is -0.475 e. The molecule has 2 N–H and O–H groups in total. The molecule has 1 spiro atoms. The Morgan fingerprint density at radius 3 is 2.27 bits per heavy atom. The normalized spacial score (nSPS) is 19.8. The van der Waals surface area contributed by atoms with Crippen molar-refractivity contribution in [3.8, 4) is 0 Å². The van der Waals surface area contributed by atoms with Crippen LogP contribution in [0.1, 0.15) is 37.7 Å². The molecule has 0 saturated carbocycles. The Morgan fingerprint density at radius 2 is 1.85 bits per heavy atom. The number of aliphatic carboxylic acids is 1. The first kappa shape index (κ1) is 20.3. The van der Waals surface area contributed by atoms with E-state index in [2.05, 4.69) is 29.3 Å². The van der Waals surface area contributed by atoms with Gasteiger partial charge in [-0.3, -0.25) is 9.69 Å². The number of hydrogen-bond acceptors (Lipinski definition) is 4. The number of carbonyl (C=O) groups excluding carboxylic acids is 1. The van der Waals surface area contributed by atoms with Crippen molar-refractivity contribution in [2.45, 2.75) is 45.3 Å². The van der Waals surface area contributed by atoms with Crippen LogP contribution in [0.15, 0.2) is 16.5 Å². The number of halogens is 3. The molecule has 0 bridgehead atoms. The topological polar surface area (TPSA) is 82.8 Å². The van der Waals surface area contributed by atoms with Crippen LogP contribution in [-0.4, -0.2) is 47.7 Å². The van der Waals surface area contributed by atoms with E-state index >= 15 is 0 Å². The van der Waals surface area contributed by atoms with Gasteiger partial charge in [0.25, 0.3) is 0 Å². The summed E-state index contributed by atoms with van der Waals surface area (Å²) >= 11 is 0. The highest BCUT2D eigenvalue weighted by molar-refractivity contribution is 5.84. The second-order valence-corrected chi connectivity index (χ2v) is 6.59. The molecule has 0 aromatic carbocycles. The van der Waals surface area contributed by atoms with E-state index in [1.165, 1.54) is 0 Å². The fourth-order valence-corrected chi connectivity index (χ4v) is 3.25. The number of nitrogens with one attached hydrogen (secondary N) is 1. The number of nitrogens with zero attached hydrogens (tertiary/aromatic N) is 1. The maximum absolute atomic E-state index is 11.9. The maximum Gasteiger partial charge on any atom is 0.490 e. The fourth-order valence-electron chi connectivity index (χ4n) is 3.25. The molecule has 2 saturated heterocycles. The van der Waals surface area contributed by atoms with Crippen LogP contribution in [0.25, 0.3) is 0 Å². The summed E-state index contributed by atoms with van der Waals surface area (Å²) in [4.78, 5) is 23.2. The lowest BCUT2D eigenvalue weighted by molar-refractivity contribution is -0.192. The van der Waals surface area contributed by atoms with Crippen molar-refractivity contribution in [1.29, 1.82) is 0 Å². The van der Waals surface area contributed by atoms with Gasteiger partial charge in [-0.1, -0.05) is 6.92 Å². The molecule has 0 radical (unpaired) electrons. The third kappa shape index (κ3) is 5.00. The van der Waals surface area contributed by atoms with Gasteiger partial charge in [0.05, 0.1) is 12.0 Å². The second-order valence-electron chi connectivity index (χ2n) is 6.59. The highest BCUT2D eigenvalue weighted by atomic mass is 19.4. The fraction of sp³-hybridized carbons (Fsp3) is 0.647. The lowest BCUT2D eigenvalue weighted by atomic mass is 9.77. The number of amides is 1. The van der Waals surface area contributed by atoms with Gasteiger partial charge in [0.1, 0.15) is 11.5 Å². The Kier molecular flexibility index (Phi) is 6.33. The number of carbonyl (C=O) groups is 2. The summed E-state index contributed by atoms with van der Waals surface area (Å²) < 4.78 is 37.5. The molecule has 1 aromatic rings. The van der Waals surface area contributed by atoms with Crippen molar-refractivity contribution in [2.75, 3.05) is 19.6 Å². The molecule has 1 aromatic heterocycles. The van der Waals surface area contributed by atoms with E-state index in [1.807, 2.05) is 0 Å². The number of carboxylic acid groups (broad SMARTS) is 1. The van der Waals surface area contributed by atoms with Crippen LogP contribution in [0.3, 0.4) is 0 Å². The van der Waals surface area contributed by atoms with Gasteiger partial charge in [0.15, 0.2) is 0 Å². The molecule has 0 unspecified atom stereocenters. The second kappa shape index (κ2) is 8.11. The lowest BCUT2D eigenvalue weighted by Gasteiger charge is -2.36. The molecule has 3 heterocycles. The molecular formula is C17H23F3N2O4. The van der Waals surface area contributed by atoms with Gasteiger partial charge in [-0.15, -0.1) is 0 Å². The number of alkyl halides is 3. The first-order chi connectivity index (χ1) is 12.2. The van der Waals surface area contributed by atoms with Crippen molar-refractivity contribution in [3.05, 3.63) is 23.7 Å². The van der Waals surface area contributed by atoms with Crippen LogP contribution in [0.5, 0.6) is 0 Å². The highest BCUT2D eigenvalue weighted by Crippen LogP contribution is 2.38. The van der Waals surface area contributed by atoms with Gasteiger partial charge >= 0.3 is 12.1 Å². The Balaban J connectivity index is 0.000000298. The van der Waals surface area contributed by atoms with Gasteiger partial charge in [-0.2, -0.15) is 13.2 Å². The van der Waals surface area contributed by atoms with Crippen molar-refractivity contribution < 1.29 is 32.3 Å². The summed E-state index contributed by atoms with van der Waals surface area (Å²) in [6.07, 6.45) is -1.15. The Bertz CT molecular complexity index is 634. The zero-order valence-electron chi connectivity index (χ0n) is 14.6. The van der Waals surface area contributed by atoms with Gasteiger partial charge < -0.3 is 14.8 Å². The summed E-state index contributed by atoms with van der Waals surface area (Å²) in [5, 5.41) is 10.1. The van der Waals surface area contributed by atoms with Crippen molar-refractivity contribution in [1.82, 2.24) is 10.2 Å². The average molecular weight is 376 g/mol. The molecule has 0 aliphatic carbocycles. The maximum atomic E-state index is 11.9. The van der Waals surface area contributed by atoms with Crippen LogP contribution in [0.2, 0.25) is 0 Å². The molecule has 0 atom stereocenters. The smallest absolute Gasteiger partial charge is 0.475 e. The molecule has 146 valence electrons. The van der Waals surface area contributed by atoms with E-state index < -0.39 is 12.1 Å². The van der Waals surface area contributed by atoms with Crippen molar-refractivity contribution >= 4 is 11.9 Å². The van der Waals surface area contributed by atoms with Gasteiger partial charge in [-0.05, 0) is 44.5 Å². The summed E-state index contributed by atoms with van der Waals surface area (Å²) in [6, 6.07) is 4.14. The quantitative estimate of drug-likeness (QED) is 0.847. The number of carboxylic acids is 1. The largest absolute Gasteiger partial charge is 0.490 e. The predicted octanol–water partition coefficient (Wildman–Crippen LogP) is 2.58. The third-order valence-corrected chi connectivity index (χ3v) is 4.87. The molecule has 2 fully saturated rings. The monoisotopic (exact) mass is 376 g/mol.